The van der Waals surface area contributed by atoms with Gasteiger partial charge >= 0.3 is 5.97 Å². The third-order valence-electron chi connectivity index (χ3n) is 4.68. The first kappa shape index (κ1) is 21.2. The molecule has 0 N–H and O–H groups in total. The summed E-state index contributed by atoms with van der Waals surface area (Å²) in [4.78, 5) is 26.5. The number of aromatic nitrogens is 1. The number of hydrogen-bond acceptors (Lipinski definition) is 7. The van der Waals surface area contributed by atoms with Crippen LogP contribution in [0.1, 0.15) is 26.5 Å². The van der Waals surface area contributed by atoms with Gasteiger partial charge in [0, 0.05) is 12.1 Å². The van der Waals surface area contributed by atoms with E-state index in [2.05, 4.69) is 9.72 Å². The van der Waals surface area contributed by atoms with Crippen LogP contribution in [0.2, 0.25) is 0 Å². The summed E-state index contributed by atoms with van der Waals surface area (Å²) < 4.78 is 11.3. The van der Waals surface area contributed by atoms with E-state index < -0.39 is 4.92 Å². The third kappa shape index (κ3) is 4.98. The fourth-order valence-corrected chi connectivity index (χ4v) is 3.88. The van der Waals surface area contributed by atoms with Crippen molar-refractivity contribution in [1.29, 1.82) is 0 Å². The van der Waals surface area contributed by atoms with E-state index in [1.54, 1.807) is 24.3 Å². The quantitative estimate of drug-likeness (QED) is 0.204. The smallest absolute Gasteiger partial charge is 0.337 e. The summed E-state index contributed by atoms with van der Waals surface area (Å²) in [6.45, 7) is 0.383. The first-order chi connectivity index (χ1) is 15.5. The highest BCUT2D eigenvalue weighted by atomic mass is 32.1. The average Bonchev–Trinajstić information content (AvgIpc) is 3.24. The SMILES string of the molecule is COC(=O)c1ccc(COc2ccc(C=Cc3nc4ccc([N+](=O)[O-])cc4s3)cc2)cc1. The number of carbonyl (C=O) groups excluding carboxylic acids is 1. The first-order valence-electron chi connectivity index (χ1n) is 9.65. The zero-order chi connectivity index (χ0) is 22.5. The second-order valence-corrected chi connectivity index (χ2v) is 7.90. The lowest BCUT2D eigenvalue weighted by Gasteiger charge is -2.07. The average molecular weight is 446 g/mol. The predicted octanol–water partition coefficient (Wildman–Crippen LogP) is 5.74. The van der Waals surface area contributed by atoms with E-state index in [9.17, 15) is 14.9 Å². The van der Waals surface area contributed by atoms with Crippen LogP contribution in [0.25, 0.3) is 22.4 Å². The minimum absolute atomic E-state index is 0.0617. The van der Waals surface area contributed by atoms with Crippen molar-refractivity contribution < 1.29 is 19.2 Å². The number of nitrogens with zero attached hydrogens (tertiary/aromatic N) is 2. The van der Waals surface area contributed by atoms with Crippen LogP contribution in [0, 0.1) is 10.1 Å². The Morgan fingerprint density at radius 1 is 1.06 bits per heavy atom. The van der Waals surface area contributed by atoms with E-state index >= 15 is 0 Å². The molecule has 1 aromatic heterocycles. The Labute approximate surface area is 187 Å². The summed E-state index contributed by atoms with van der Waals surface area (Å²) in [5.41, 5.74) is 3.22. The van der Waals surface area contributed by atoms with Gasteiger partial charge in [-0.1, -0.05) is 30.3 Å². The zero-order valence-electron chi connectivity index (χ0n) is 17.1. The number of carbonyl (C=O) groups is 1. The van der Waals surface area contributed by atoms with Crippen LogP contribution < -0.4 is 4.74 Å². The molecule has 0 saturated heterocycles. The van der Waals surface area contributed by atoms with Crippen LogP contribution in [0.4, 0.5) is 5.69 Å². The first-order valence-corrected chi connectivity index (χ1v) is 10.5. The number of non-ortho nitro benzene ring substituents is 1. The molecule has 0 radical (unpaired) electrons. The molecule has 32 heavy (non-hydrogen) atoms. The second kappa shape index (κ2) is 9.40. The van der Waals surface area contributed by atoms with Crippen molar-refractivity contribution in [3.63, 3.8) is 0 Å². The molecule has 160 valence electrons. The second-order valence-electron chi connectivity index (χ2n) is 6.84. The van der Waals surface area contributed by atoms with Crippen molar-refractivity contribution in [2.45, 2.75) is 6.61 Å². The minimum Gasteiger partial charge on any atom is -0.489 e. The van der Waals surface area contributed by atoms with Crippen LogP contribution in [-0.2, 0) is 11.3 Å². The Morgan fingerprint density at radius 2 is 1.81 bits per heavy atom. The molecule has 0 saturated carbocycles. The van der Waals surface area contributed by atoms with Crippen LogP contribution in [0.3, 0.4) is 0 Å². The Morgan fingerprint density at radius 3 is 2.50 bits per heavy atom. The van der Waals surface area contributed by atoms with Gasteiger partial charge in [-0.05, 0) is 47.5 Å². The number of rotatable bonds is 7. The highest BCUT2D eigenvalue weighted by Gasteiger charge is 2.09. The maximum atomic E-state index is 11.5. The van der Waals surface area contributed by atoms with Gasteiger partial charge in [0.25, 0.3) is 5.69 Å². The van der Waals surface area contributed by atoms with E-state index in [0.717, 1.165) is 32.1 Å². The summed E-state index contributed by atoms with van der Waals surface area (Å²) in [6, 6.07) is 19.4. The molecule has 4 rings (SSSR count). The number of ether oxygens (including phenoxy) is 2. The molecule has 0 aliphatic heterocycles. The molecular weight excluding hydrogens is 428 g/mol. The molecule has 0 amide bonds. The molecule has 8 heteroatoms. The lowest BCUT2D eigenvalue weighted by atomic mass is 10.1. The molecule has 0 spiro atoms. The molecule has 0 unspecified atom stereocenters. The number of nitro groups is 1. The number of nitro benzene ring substituents is 1. The van der Waals surface area contributed by atoms with Gasteiger partial charge in [0.2, 0.25) is 0 Å². The van der Waals surface area contributed by atoms with Gasteiger partial charge in [0.15, 0.2) is 0 Å². The van der Waals surface area contributed by atoms with Crippen molar-refractivity contribution in [2.24, 2.45) is 0 Å². The Kier molecular flexibility index (Phi) is 6.23. The number of thiazole rings is 1. The zero-order valence-corrected chi connectivity index (χ0v) is 17.9. The monoisotopic (exact) mass is 446 g/mol. The van der Waals surface area contributed by atoms with Gasteiger partial charge in [-0.3, -0.25) is 10.1 Å². The van der Waals surface area contributed by atoms with Crippen molar-refractivity contribution in [3.8, 4) is 5.75 Å². The lowest BCUT2D eigenvalue weighted by Crippen LogP contribution is -2.01. The van der Waals surface area contributed by atoms with Crippen molar-refractivity contribution in [2.75, 3.05) is 7.11 Å². The highest BCUT2D eigenvalue weighted by Crippen LogP contribution is 2.27. The highest BCUT2D eigenvalue weighted by molar-refractivity contribution is 7.19. The topological polar surface area (TPSA) is 91.6 Å². The predicted molar refractivity (Wildman–Crippen MR) is 124 cm³/mol. The number of esters is 1. The number of fused-ring (bicyclic) bond motifs is 1. The van der Waals surface area contributed by atoms with E-state index in [4.69, 9.17) is 4.74 Å². The van der Waals surface area contributed by atoms with Crippen LogP contribution in [0.15, 0.2) is 66.7 Å². The van der Waals surface area contributed by atoms with Crippen molar-refractivity contribution >= 4 is 45.4 Å². The molecule has 3 aromatic carbocycles. The van der Waals surface area contributed by atoms with E-state index in [0.29, 0.717) is 12.2 Å². The van der Waals surface area contributed by atoms with Gasteiger partial charge in [0.05, 0.1) is 27.8 Å². The fraction of sp³-hybridized carbons (Fsp3) is 0.0833. The van der Waals surface area contributed by atoms with Gasteiger partial charge in [-0.15, -0.1) is 11.3 Å². The molecule has 0 aliphatic rings. The largest absolute Gasteiger partial charge is 0.489 e. The summed E-state index contributed by atoms with van der Waals surface area (Å²) in [5.74, 6) is 0.361. The van der Waals surface area contributed by atoms with Gasteiger partial charge in [-0.2, -0.15) is 0 Å². The van der Waals surface area contributed by atoms with Crippen molar-refractivity contribution in [3.05, 3.63) is 98.5 Å². The molecule has 0 aliphatic carbocycles. The number of hydrogen-bond donors (Lipinski definition) is 0. The lowest BCUT2D eigenvalue weighted by molar-refractivity contribution is -0.384. The van der Waals surface area contributed by atoms with Gasteiger partial charge in [0.1, 0.15) is 17.4 Å². The molecule has 0 atom stereocenters. The molecule has 7 nitrogen and oxygen atoms in total. The summed E-state index contributed by atoms with van der Waals surface area (Å²) in [7, 11) is 1.35. The fourth-order valence-electron chi connectivity index (χ4n) is 2.98. The number of methoxy groups -OCH3 is 1. The summed E-state index contributed by atoms with van der Waals surface area (Å²) in [6.07, 6.45) is 3.82. The third-order valence-corrected chi connectivity index (χ3v) is 5.66. The van der Waals surface area contributed by atoms with Crippen LogP contribution in [0.5, 0.6) is 5.75 Å². The maximum absolute atomic E-state index is 11.5. The molecule has 0 bridgehead atoms. The Bertz CT molecular complexity index is 1290. The van der Waals surface area contributed by atoms with Gasteiger partial charge in [-0.25, -0.2) is 9.78 Å². The van der Waals surface area contributed by atoms with Gasteiger partial charge < -0.3 is 9.47 Å². The normalized spacial score (nSPS) is 11.0. The minimum atomic E-state index is -0.407. The molecule has 4 aromatic rings. The summed E-state index contributed by atoms with van der Waals surface area (Å²) in [5, 5.41) is 11.7. The standard InChI is InChI=1S/C24H18N2O5S/c1-30-24(27)18-7-2-17(3-8-18)15-31-20-10-4-16(5-11-20)6-13-23-25-21-12-9-19(26(28)29)14-22(21)32-23/h2-14H,15H2,1H3. The van der Waals surface area contributed by atoms with E-state index in [1.807, 2.05) is 48.6 Å². The van der Waals surface area contributed by atoms with Crippen LogP contribution >= 0.6 is 11.3 Å². The van der Waals surface area contributed by atoms with Crippen LogP contribution in [-0.4, -0.2) is 23.0 Å². The maximum Gasteiger partial charge on any atom is 0.337 e. The Hall–Kier alpha value is -4.04. The Balaban J connectivity index is 1.37. The van der Waals surface area contributed by atoms with E-state index in [-0.39, 0.29) is 11.7 Å². The molecule has 1 heterocycles. The number of benzene rings is 3. The molecule has 0 fully saturated rings. The van der Waals surface area contributed by atoms with Crippen molar-refractivity contribution in [1.82, 2.24) is 4.98 Å². The molecular formula is C24H18N2O5S. The summed E-state index contributed by atoms with van der Waals surface area (Å²) >= 11 is 1.41. The van der Waals surface area contributed by atoms with E-state index in [1.165, 1.54) is 24.5 Å².